The van der Waals surface area contributed by atoms with Crippen molar-refractivity contribution in [2.45, 2.75) is 13.0 Å². The topological polar surface area (TPSA) is 42.3 Å². The van der Waals surface area contributed by atoms with E-state index in [4.69, 9.17) is 0 Å². The van der Waals surface area contributed by atoms with Gasteiger partial charge in [-0.25, -0.2) is 4.39 Å². The largest absolute Gasteiger partial charge is 0.334 e. The Hall–Kier alpha value is -3.21. The molecule has 0 saturated carbocycles. The van der Waals surface area contributed by atoms with Crippen LogP contribution in [0.25, 0.3) is 5.69 Å². The first-order valence-corrected chi connectivity index (χ1v) is 8.46. The van der Waals surface area contributed by atoms with E-state index in [1.165, 1.54) is 46.7 Å². The van der Waals surface area contributed by atoms with E-state index < -0.39 is 0 Å². The van der Waals surface area contributed by atoms with E-state index in [9.17, 15) is 14.0 Å². The van der Waals surface area contributed by atoms with Gasteiger partial charge in [0.2, 0.25) is 0 Å². The lowest BCUT2D eigenvalue weighted by molar-refractivity contribution is 0.0734. The van der Waals surface area contributed by atoms with Gasteiger partial charge in [0.15, 0.2) is 0 Å². The zero-order chi connectivity index (χ0) is 18.1. The molecule has 1 aliphatic heterocycles. The molecule has 5 heteroatoms. The normalized spacial score (nSPS) is 13.3. The van der Waals surface area contributed by atoms with Gasteiger partial charge in [-0.05, 0) is 47.9 Å². The smallest absolute Gasteiger partial charge is 0.255 e. The van der Waals surface area contributed by atoms with Crippen molar-refractivity contribution < 1.29 is 9.18 Å². The van der Waals surface area contributed by atoms with Crippen LogP contribution in [0.3, 0.4) is 0 Å². The predicted molar refractivity (Wildman–Crippen MR) is 96.9 cm³/mol. The summed E-state index contributed by atoms with van der Waals surface area (Å²) in [6, 6.07) is 16.6. The fourth-order valence-electron chi connectivity index (χ4n) is 3.27. The van der Waals surface area contributed by atoms with Crippen LogP contribution in [0, 0.1) is 5.82 Å². The molecule has 3 aromatic rings. The molecule has 4 rings (SSSR count). The number of hydrogen-bond donors (Lipinski definition) is 0. The summed E-state index contributed by atoms with van der Waals surface area (Å²) in [4.78, 5) is 26.9. The van der Waals surface area contributed by atoms with Crippen molar-refractivity contribution >= 4 is 5.91 Å². The highest BCUT2D eigenvalue weighted by Gasteiger charge is 2.22. The number of halogens is 1. The van der Waals surface area contributed by atoms with Gasteiger partial charge in [0.1, 0.15) is 5.82 Å². The van der Waals surface area contributed by atoms with E-state index in [1.807, 2.05) is 18.2 Å². The van der Waals surface area contributed by atoms with Crippen LogP contribution < -0.4 is 5.56 Å². The van der Waals surface area contributed by atoms with Crippen LogP contribution in [0.15, 0.2) is 71.7 Å². The highest BCUT2D eigenvalue weighted by molar-refractivity contribution is 5.94. The van der Waals surface area contributed by atoms with Crippen molar-refractivity contribution in [2.24, 2.45) is 0 Å². The molecule has 1 aromatic heterocycles. The second kappa shape index (κ2) is 6.59. The molecule has 1 aliphatic rings. The van der Waals surface area contributed by atoms with Gasteiger partial charge in [0, 0.05) is 31.0 Å². The van der Waals surface area contributed by atoms with Crippen molar-refractivity contribution in [3.63, 3.8) is 0 Å². The Morgan fingerprint density at radius 1 is 0.923 bits per heavy atom. The molecule has 4 nitrogen and oxygen atoms in total. The van der Waals surface area contributed by atoms with Crippen LogP contribution >= 0.6 is 0 Å². The number of pyridine rings is 1. The van der Waals surface area contributed by atoms with E-state index in [0.29, 0.717) is 24.3 Å². The minimum absolute atomic E-state index is 0.115. The molecule has 0 N–H and O–H groups in total. The number of hydrogen-bond acceptors (Lipinski definition) is 2. The van der Waals surface area contributed by atoms with E-state index in [0.717, 1.165) is 12.0 Å². The third-order valence-corrected chi connectivity index (χ3v) is 4.68. The van der Waals surface area contributed by atoms with Crippen LogP contribution in [0.2, 0.25) is 0 Å². The van der Waals surface area contributed by atoms with Crippen molar-refractivity contribution in [1.82, 2.24) is 9.47 Å². The maximum atomic E-state index is 13.1. The number of fused-ring (bicyclic) bond motifs is 1. The summed E-state index contributed by atoms with van der Waals surface area (Å²) in [5, 5.41) is 0. The van der Waals surface area contributed by atoms with Gasteiger partial charge in [-0.2, -0.15) is 0 Å². The molecule has 1 amide bonds. The lowest BCUT2D eigenvalue weighted by atomic mass is 9.99. The highest BCUT2D eigenvalue weighted by Crippen LogP contribution is 2.20. The molecule has 2 aromatic carbocycles. The van der Waals surface area contributed by atoms with Crippen LogP contribution in [-0.4, -0.2) is 21.9 Å². The van der Waals surface area contributed by atoms with Crippen LogP contribution in [-0.2, 0) is 13.0 Å². The molecule has 0 aliphatic carbocycles. The molecular weight excluding hydrogens is 331 g/mol. The molecule has 0 radical (unpaired) electrons. The Labute approximate surface area is 150 Å². The second-order valence-electron chi connectivity index (χ2n) is 6.35. The number of aromatic nitrogens is 1. The zero-order valence-electron chi connectivity index (χ0n) is 14.1. The summed E-state index contributed by atoms with van der Waals surface area (Å²) in [7, 11) is 0. The summed E-state index contributed by atoms with van der Waals surface area (Å²) in [5.41, 5.74) is 3.12. The van der Waals surface area contributed by atoms with Gasteiger partial charge in [-0.15, -0.1) is 0 Å². The van der Waals surface area contributed by atoms with Gasteiger partial charge in [0.25, 0.3) is 11.5 Å². The SMILES string of the molecule is O=C(c1ccc(=O)n(-c2ccc(F)cc2)c1)N1CCc2ccccc2C1. The standard InChI is InChI=1S/C21H17FN2O2/c22-18-6-8-19(9-7-18)24-14-17(5-10-20(24)25)21(26)23-12-11-15-3-1-2-4-16(15)13-23/h1-10,14H,11-13H2. The molecule has 0 fully saturated rings. The Kier molecular flexibility index (Phi) is 4.13. The lowest BCUT2D eigenvalue weighted by Crippen LogP contribution is -2.36. The van der Waals surface area contributed by atoms with Crippen molar-refractivity contribution in [2.75, 3.05) is 6.54 Å². The Bertz CT molecular complexity index is 1020. The number of carbonyl (C=O) groups is 1. The van der Waals surface area contributed by atoms with Crippen molar-refractivity contribution in [3.05, 3.63) is 99.7 Å². The molecule has 0 unspecified atom stereocenters. The summed E-state index contributed by atoms with van der Waals surface area (Å²) in [6.45, 7) is 1.20. The molecule has 26 heavy (non-hydrogen) atoms. The van der Waals surface area contributed by atoms with Crippen LogP contribution in [0.4, 0.5) is 4.39 Å². The molecule has 2 heterocycles. The predicted octanol–water partition coefficient (Wildman–Crippen LogP) is 3.18. The van der Waals surface area contributed by atoms with E-state index >= 15 is 0 Å². The first-order valence-electron chi connectivity index (χ1n) is 8.46. The minimum Gasteiger partial charge on any atom is -0.334 e. The van der Waals surface area contributed by atoms with E-state index in [-0.39, 0.29) is 17.3 Å². The van der Waals surface area contributed by atoms with Gasteiger partial charge in [-0.1, -0.05) is 24.3 Å². The van der Waals surface area contributed by atoms with Gasteiger partial charge >= 0.3 is 0 Å². The fourth-order valence-corrected chi connectivity index (χ4v) is 3.27. The number of nitrogens with zero attached hydrogens (tertiary/aromatic N) is 2. The van der Waals surface area contributed by atoms with Crippen molar-refractivity contribution in [1.29, 1.82) is 0 Å². The summed E-state index contributed by atoms with van der Waals surface area (Å²) >= 11 is 0. The number of rotatable bonds is 2. The quantitative estimate of drug-likeness (QED) is 0.714. The maximum absolute atomic E-state index is 13.1. The summed E-state index contributed by atoms with van der Waals surface area (Å²) in [5.74, 6) is -0.489. The molecular formula is C21H17FN2O2. The summed E-state index contributed by atoms with van der Waals surface area (Å²) in [6.07, 6.45) is 2.35. The molecule has 0 bridgehead atoms. The second-order valence-corrected chi connectivity index (χ2v) is 6.35. The fraction of sp³-hybridized carbons (Fsp3) is 0.143. The monoisotopic (exact) mass is 348 g/mol. The third kappa shape index (κ3) is 3.04. The average Bonchev–Trinajstić information content (AvgIpc) is 2.68. The van der Waals surface area contributed by atoms with Crippen LogP contribution in [0.1, 0.15) is 21.5 Å². The van der Waals surface area contributed by atoms with E-state index in [1.54, 1.807) is 11.0 Å². The number of carbonyl (C=O) groups excluding carboxylic acids is 1. The first kappa shape index (κ1) is 16.3. The van der Waals surface area contributed by atoms with Gasteiger partial charge < -0.3 is 4.90 Å². The Balaban J connectivity index is 1.64. The van der Waals surface area contributed by atoms with Crippen LogP contribution in [0.5, 0.6) is 0 Å². The molecule has 130 valence electrons. The van der Waals surface area contributed by atoms with E-state index in [2.05, 4.69) is 6.07 Å². The highest BCUT2D eigenvalue weighted by atomic mass is 19.1. The summed E-state index contributed by atoms with van der Waals surface area (Å²) < 4.78 is 14.5. The third-order valence-electron chi connectivity index (χ3n) is 4.68. The molecule has 0 saturated heterocycles. The number of benzene rings is 2. The maximum Gasteiger partial charge on any atom is 0.255 e. The zero-order valence-corrected chi connectivity index (χ0v) is 14.1. The lowest BCUT2D eigenvalue weighted by Gasteiger charge is -2.29. The average molecular weight is 348 g/mol. The van der Waals surface area contributed by atoms with Gasteiger partial charge in [-0.3, -0.25) is 14.2 Å². The van der Waals surface area contributed by atoms with Gasteiger partial charge in [0.05, 0.1) is 5.56 Å². The first-order chi connectivity index (χ1) is 12.6. The Morgan fingerprint density at radius 3 is 2.42 bits per heavy atom. The molecule has 0 spiro atoms. The Morgan fingerprint density at radius 2 is 1.65 bits per heavy atom. The minimum atomic E-state index is -0.374. The number of amides is 1. The van der Waals surface area contributed by atoms with Crippen molar-refractivity contribution in [3.8, 4) is 5.69 Å². The molecule has 0 atom stereocenters.